The predicted molar refractivity (Wildman–Crippen MR) is 229 cm³/mol. The van der Waals surface area contributed by atoms with Crippen LogP contribution in [0.15, 0.2) is 60.4 Å². The molecule has 13 heteroatoms. The summed E-state index contributed by atoms with van der Waals surface area (Å²) >= 11 is 0. The van der Waals surface area contributed by atoms with E-state index in [1.165, 1.54) is 21.1 Å². The van der Waals surface area contributed by atoms with Crippen LogP contribution < -0.4 is 0 Å². The summed E-state index contributed by atoms with van der Waals surface area (Å²) in [5.41, 5.74) is -1.03. The number of H-pyrrole nitrogens is 1. The molecule has 0 radical (unpaired) electrons. The molecule has 3 unspecified atom stereocenters. The number of esters is 3. The number of nitrogens with zero attached hydrogens (tertiary/aromatic N) is 3. The van der Waals surface area contributed by atoms with Crippen molar-refractivity contribution < 1.29 is 43.5 Å². The number of methoxy groups -OCH3 is 3. The Hall–Kier alpha value is -4.27. The minimum absolute atomic E-state index is 0.0841. The molecule has 61 heavy (non-hydrogen) atoms. The van der Waals surface area contributed by atoms with Crippen LogP contribution >= 0.6 is 0 Å². The number of fused-ring (bicyclic) bond motifs is 6. The number of aliphatic hydroxyl groups is 2. The topological polar surface area (TPSA) is 154 Å². The van der Waals surface area contributed by atoms with E-state index in [1.807, 2.05) is 44.0 Å². The van der Waals surface area contributed by atoms with Crippen molar-refractivity contribution in [2.75, 3.05) is 61.1 Å². The zero-order valence-corrected chi connectivity index (χ0v) is 36.7. The van der Waals surface area contributed by atoms with Crippen LogP contribution in [0.3, 0.4) is 0 Å². The van der Waals surface area contributed by atoms with Gasteiger partial charge in [0, 0.05) is 92.3 Å². The highest BCUT2D eigenvalue weighted by molar-refractivity contribution is 5.92. The van der Waals surface area contributed by atoms with Gasteiger partial charge in [0.2, 0.25) is 5.60 Å². The van der Waals surface area contributed by atoms with E-state index in [-0.39, 0.29) is 12.0 Å². The molecule has 1 saturated carbocycles. The fourth-order valence-electron chi connectivity index (χ4n) is 14.1. The number of allylic oxidation sites excluding steroid dienone is 1. The molecule has 1 aromatic carbocycles. The number of aromatic amines is 1. The number of nitrogens with one attached hydrogen (secondary N) is 1. The lowest BCUT2D eigenvalue weighted by atomic mass is 9.47. The Morgan fingerprint density at radius 1 is 1.02 bits per heavy atom. The van der Waals surface area contributed by atoms with Gasteiger partial charge in [0.1, 0.15) is 5.41 Å². The predicted octanol–water partition coefficient (Wildman–Crippen LogP) is 4.28. The van der Waals surface area contributed by atoms with E-state index in [1.54, 1.807) is 7.11 Å². The van der Waals surface area contributed by atoms with Gasteiger partial charge in [0.15, 0.2) is 6.10 Å². The number of benzene rings is 1. The van der Waals surface area contributed by atoms with Crippen molar-refractivity contribution in [1.82, 2.24) is 19.7 Å². The summed E-state index contributed by atoms with van der Waals surface area (Å²) in [5, 5.41) is 26.4. The fourth-order valence-corrected chi connectivity index (χ4v) is 14.1. The molecule has 2 aliphatic carbocycles. The molecule has 13 nitrogen and oxygen atoms in total. The monoisotopic (exact) mass is 838 g/mol. The summed E-state index contributed by atoms with van der Waals surface area (Å²) in [5.74, 6) is -2.59. The van der Waals surface area contributed by atoms with Gasteiger partial charge in [-0.1, -0.05) is 50.8 Å². The molecule has 0 amide bonds. The normalized spacial score (nSPS) is 40.0. The van der Waals surface area contributed by atoms with E-state index in [9.17, 15) is 19.8 Å². The number of carbonyl (C=O) groups excluding carboxylic acids is 3. The second-order valence-electron chi connectivity index (χ2n) is 19.0. The first-order chi connectivity index (χ1) is 29.2. The molecule has 3 saturated heterocycles. The van der Waals surface area contributed by atoms with Gasteiger partial charge in [-0.05, 0) is 85.9 Å². The van der Waals surface area contributed by atoms with Crippen LogP contribution in [0.1, 0.15) is 69.7 Å². The lowest BCUT2D eigenvalue weighted by Crippen LogP contribution is -2.79. The van der Waals surface area contributed by atoms with Gasteiger partial charge in [-0.2, -0.15) is 0 Å². The molecule has 4 fully saturated rings. The van der Waals surface area contributed by atoms with Gasteiger partial charge in [0.05, 0.1) is 32.0 Å². The van der Waals surface area contributed by atoms with Gasteiger partial charge in [-0.25, -0.2) is 4.79 Å². The van der Waals surface area contributed by atoms with Crippen molar-refractivity contribution in [3.8, 4) is 0 Å². The number of likely N-dealkylation sites (tertiary alicyclic amines) is 1. The van der Waals surface area contributed by atoms with Crippen LogP contribution in [-0.4, -0.2) is 144 Å². The summed E-state index contributed by atoms with van der Waals surface area (Å²) in [6.07, 6.45) is 11.5. The fraction of sp³-hybridized carbons (Fsp3) is 0.604. The summed E-state index contributed by atoms with van der Waals surface area (Å²) < 4.78 is 24.2. The molecule has 6 heterocycles. The Bertz CT molecular complexity index is 2270. The summed E-state index contributed by atoms with van der Waals surface area (Å²) in [6.45, 7) is 12.7. The maximum absolute atomic E-state index is 15.5. The number of aromatic nitrogens is 1. The third-order valence-corrected chi connectivity index (χ3v) is 16.4. The second-order valence-corrected chi connectivity index (χ2v) is 19.0. The quantitative estimate of drug-likeness (QED) is 0.198. The van der Waals surface area contributed by atoms with Gasteiger partial charge >= 0.3 is 17.9 Å². The van der Waals surface area contributed by atoms with Gasteiger partial charge in [-0.3, -0.25) is 19.4 Å². The molecule has 5 aliphatic heterocycles. The molecule has 12 atom stereocenters. The molecule has 7 aliphatic rings. The molecular formula is C48H62N4O9. The smallest absolute Gasteiger partial charge is 0.344 e. The van der Waals surface area contributed by atoms with Gasteiger partial charge in [0.25, 0.3) is 0 Å². The van der Waals surface area contributed by atoms with E-state index < -0.39 is 69.5 Å². The van der Waals surface area contributed by atoms with Crippen LogP contribution in [0.4, 0.5) is 0 Å². The number of ether oxygens (including phenoxy) is 4. The Morgan fingerprint density at radius 3 is 2.46 bits per heavy atom. The van der Waals surface area contributed by atoms with Crippen molar-refractivity contribution in [2.45, 2.75) is 100 Å². The average molecular weight is 839 g/mol. The van der Waals surface area contributed by atoms with E-state index in [0.717, 1.165) is 39.0 Å². The molecule has 1 spiro atoms. The van der Waals surface area contributed by atoms with Crippen LogP contribution in [-0.2, 0) is 45.2 Å². The second kappa shape index (κ2) is 14.7. The zero-order valence-electron chi connectivity index (χ0n) is 36.7. The summed E-state index contributed by atoms with van der Waals surface area (Å²) in [7, 11) is 6.25. The largest absolute Gasteiger partial charge is 0.468 e. The highest BCUT2D eigenvalue weighted by atomic mass is 16.6. The molecule has 328 valence electrons. The highest BCUT2D eigenvalue weighted by Gasteiger charge is 2.81. The number of piperidine rings is 1. The highest BCUT2D eigenvalue weighted by Crippen LogP contribution is 2.70. The van der Waals surface area contributed by atoms with Crippen LogP contribution in [0.5, 0.6) is 0 Å². The number of rotatable bonds is 8. The number of hydrogen-bond acceptors (Lipinski definition) is 12. The van der Waals surface area contributed by atoms with Crippen molar-refractivity contribution >= 4 is 34.9 Å². The molecule has 1 aromatic heterocycles. The van der Waals surface area contributed by atoms with Crippen molar-refractivity contribution in [3.63, 3.8) is 0 Å². The Labute approximate surface area is 358 Å². The van der Waals surface area contributed by atoms with E-state index in [2.05, 4.69) is 51.7 Å². The minimum Gasteiger partial charge on any atom is -0.468 e. The van der Waals surface area contributed by atoms with Crippen LogP contribution in [0, 0.1) is 22.7 Å². The maximum Gasteiger partial charge on any atom is 0.344 e. The third-order valence-electron chi connectivity index (χ3n) is 16.4. The van der Waals surface area contributed by atoms with Crippen molar-refractivity contribution in [2.24, 2.45) is 22.7 Å². The van der Waals surface area contributed by atoms with Gasteiger partial charge in [-0.15, -0.1) is 0 Å². The Kier molecular flexibility index (Phi) is 10.1. The van der Waals surface area contributed by atoms with Crippen molar-refractivity contribution in [3.05, 3.63) is 77.2 Å². The molecule has 9 rings (SSSR count). The molecule has 3 N–H and O–H groups in total. The third kappa shape index (κ3) is 5.58. The summed E-state index contributed by atoms with van der Waals surface area (Å²) in [6, 6.07) is 5.00. The number of likely N-dealkylation sites (N-methyl/N-ethyl adjacent to an activating group) is 1. The zero-order chi connectivity index (χ0) is 43.4. The van der Waals surface area contributed by atoms with E-state index >= 15 is 4.79 Å². The van der Waals surface area contributed by atoms with Crippen molar-refractivity contribution in [1.29, 1.82) is 0 Å². The number of carbonyl (C=O) groups is 3. The first-order valence-electron chi connectivity index (χ1n) is 22.1. The average Bonchev–Trinajstić information content (AvgIpc) is 3.92. The number of hydrogen-bond donors (Lipinski definition) is 3. The Morgan fingerprint density at radius 2 is 1.79 bits per heavy atom. The van der Waals surface area contributed by atoms with Crippen LogP contribution in [0.25, 0.3) is 17.0 Å². The first-order valence-corrected chi connectivity index (χ1v) is 22.1. The first kappa shape index (κ1) is 42.1. The maximum atomic E-state index is 15.5. The van der Waals surface area contributed by atoms with Gasteiger partial charge < -0.3 is 39.0 Å². The van der Waals surface area contributed by atoms with Crippen LogP contribution in [0.2, 0.25) is 0 Å². The molecule has 2 aromatic rings. The Balaban J connectivity index is 1.34. The lowest BCUT2D eigenvalue weighted by Gasteiger charge is -2.63. The summed E-state index contributed by atoms with van der Waals surface area (Å²) in [4.78, 5) is 53.5. The molecular weight excluding hydrogens is 777 g/mol. The van der Waals surface area contributed by atoms with E-state index in [4.69, 9.17) is 18.9 Å². The minimum atomic E-state index is -2.29. The molecule has 2 bridgehead atoms. The lowest BCUT2D eigenvalue weighted by molar-refractivity contribution is -0.243. The SMILES string of the molecule is C=Cc1ccc2[nH]c3c(c2c1)CCN1C[C@H](C[C@@](O)(CC)C1)C[C@]3(C(=O)OC)C1C=C2C(=CC1OC)N(C)[C@H]1[C@@](O)(C(=O)OC)[C@H](OC(C)=O)[C@]3(CC)C=CCN4CC[C@]21[C@@H]43. The van der Waals surface area contributed by atoms with E-state index in [0.29, 0.717) is 71.2 Å². The standard InChI is InChI=1S/C48H62N4O9/c1-9-29-13-14-35-32(21-29)31-15-19-51-26-30(24-44(56,10-2)27-51)25-47(38(31)49-35,42(54)59-7)34-22-33-36(23-37(34)58-6)50(5)40-46(33)17-20-52-18-12-16-45(11-3,39(46)52)41(61-28(4)53)48(40,57)43(55)60-8/h9,12-14,16,21-23,30,34,37,39-41,49,56-57H,1,10-11,15,17-20,24-27H2,2-8H3/t30-,34?,37?,39+,40-,41-,44+,45-,46-,47+,48+/m1/s1.